The lowest BCUT2D eigenvalue weighted by Crippen LogP contribution is -2.37. The van der Waals surface area contributed by atoms with Crippen molar-refractivity contribution < 1.29 is 13.2 Å². The number of sulfonamides is 1. The Kier molecular flexibility index (Phi) is 5.25. The fourth-order valence-electron chi connectivity index (χ4n) is 4.08. The molecule has 0 radical (unpaired) electrons. The van der Waals surface area contributed by atoms with Crippen LogP contribution in [-0.4, -0.2) is 43.2 Å². The number of piperidine rings is 1. The number of rotatable bonds is 3. The van der Waals surface area contributed by atoms with Crippen LogP contribution < -0.4 is 0 Å². The van der Waals surface area contributed by atoms with Crippen LogP contribution in [0.3, 0.4) is 0 Å². The van der Waals surface area contributed by atoms with E-state index in [0.717, 1.165) is 43.5 Å². The lowest BCUT2D eigenvalue weighted by molar-refractivity contribution is 0.0723. The molecule has 2 aliphatic heterocycles. The molecule has 6 heteroatoms. The second-order valence-electron chi connectivity index (χ2n) is 7.69. The SMILES string of the molecule is Cc1ccc(S(=O)(=O)N2CCc3ccccc3C2)cc1C(=O)N1CCCCC1. The average Bonchev–Trinajstić information content (AvgIpc) is 2.73. The number of nitrogens with zero attached hydrogens (tertiary/aromatic N) is 2. The Hall–Kier alpha value is -2.18. The number of likely N-dealkylation sites (tertiary alicyclic amines) is 1. The third-order valence-corrected chi connectivity index (χ3v) is 7.66. The maximum absolute atomic E-state index is 13.3. The van der Waals surface area contributed by atoms with E-state index in [-0.39, 0.29) is 10.8 Å². The molecule has 2 aliphatic rings. The predicted molar refractivity (Wildman–Crippen MR) is 109 cm³/mol. The van der Waals surface area contributed by atoms with Crippen molar-refractivity contribution in [3.63, 3.8) is 0 Å². The third-order valence-electron chi connectivity index (χ3n) is 5.82. The maximum Gasteiger partial charge on any atom is 0.254 e. The van der Waals surface area contributed by atoms with E-state index in [1.807, 2.05) is 30.0 Å². The number of hydrogen-bond acceptors (Lipinski definition) is 3. The van der Waals surface area contributed by atoms with Gasteiger partial charge in [-0.3, -0.25) is 4.79 Å². The van der Waals surface area contributed by atoms with Crippen molar-refractivity contribution in [1.82, 2.24) is 9.21 Å². The predicted octanol–water partition coefficient (Wildman–Crippen LogP) is 3.37. The van der Waals surface area contributed by atoms with Crippen molar-refractivity contribution in [2.24, 2.45) is 0 Å². The van der Waals surface area contributed by atoms with Crippen LogP contribution in [0.2, 0.25) is 0 Å². The van der Waals surface area contributed by atoms with Crippen LogP contribution in [0, 0.1) is 6.92 Å². The van der Waals surface area contributed by atoms with E-state index in [4.69, 9.17) is 0 Å². The minimum atomic E-state index is -3.65. The van der Waals surface area contributed by atoms with E-state index in [1.54, 1.807) is 18.2 Å². The molecule has 0 saturated carbocycles. The molecule has 4 rings (SSSR count). The Morgan fingerprint density at radius 1 is 0.929 bits per heavy atom. The summed E-state index contributed by atoms with van der Waals surface area (Å²) in [6.07, 6.45) is 3.88. The number of amides is 1. The number of carbonyl (C=O) groups excluding carboxylic acids is 1. The Morgan fingerprint density at radius 3 is 2.39 bits per heavy atom. The van der Waals surface area contributed by atoms with Crippen LogP contribution in [0.25, 0.3) is 0 Å². The van der Waals surface area contributed by atoms with Crippen LogP contribution in [0.1, 0.15) is 46.3 Å². The molecule has 0 aromatic heterocycles. The molecular weight excluding hydrogens is 372 g/mol. The van der Waals surface area contributed by atoms with Crippen molar-refractivity contribution in [2.75, 3.05) is 19.6 Å². The summed E-state index contributed by atoms with van der Waals surface area (Å²) >= 11 is 0. The molecule has 0 atom stereocenters. The highest BCUT2D eigenvalue weighted by molar-refractivity contribution is 7.89. The zero-order valence-corrected chi connectivity index (χ0v) is 17.0. The van der Waals surface area contributed by atoms with Gasteiger partial charge in [-0.1, -0.05) is 30.3 Å². The first-order valence-corrected chi connectivity index (χ1v) is 11.4. The van der Waals surface area contributed by atoms with Crippen molar-refractivity contribution in [1.29, 1.82) is 0 Å². The van der Waals surface area contributed by atoms with E-state index in [9.17, 15) is 13.2 Å². The first kappa shape index (κ1) is 19.2. The molecule has 0 N–H and O–H groups in total. The monoisotopic (exact) mass is 398 g/mol. The van der Waals surface area contributed by atoms with E-state index >= 15 is 0 Å². The van der Waals surface area contributed by atoms with Crippen LogP contribution in [0.5, 0.6) is 0 Å². The normalized spacial score (nSPS) is 18.0. The zero-order valence-electron chi connectivity index (χ0n) is 16.2. The highest BCUT2D eigenvalue weighted by Crippen LogP contribution is 2.27. The second-order valence-corrected chi connectivity index (χ2v) is 9.62. The molecule has 2 aromatic rings. The first-order valence-electron chi connectivity index (χ1n) is 9.94. The van der Waals surface area contributed by atoms with E-state index < -0.39 is 10.0 Å². The van der Waals surface area contributed by atoms with Gasteiger partial charge in [-0.2, -0.15) is 4.31 Å². The number of benzene rings is 2. The standard InChI is InChI=1S/C22H26N2O3S/c1-17-9-10-20(15-21(17)22(25)23-12-5-2-6-13-23)28(26,27)24-14-11-18-7-3-4-8-19(18)16-24/h3-4,7-10,15H,2,5-6,11-14,16H2,1H3. The van der Waals surface area contributed by atoms with Crippen LogP contribution in [-0.2, 0) is 23.0 Å². The lowest BCUT2D eigenvalue weighted by Gasteiger charge is -2.29. The Labute approximate surface area is 167 Å². The van der Waals surface area contributed by atoms with Gasteiger partial charge in [0, 0.05) is 31.7 Å². The maximum atomic E-state index is 13.3. The van der Waals surface area contributed by atoms with Crippen LogP contribution >= 0.6 is 0 Å². The quantitative estimate of drug-likeness (QED) is 0.797. The number of hydrogen-bond donors (Lipinski definition) is 0. The van der Waals surface area contributed by atoms with Gasteiger partial charge >= 0.3 is 0 Å². The molecule has 1 saturated heterocycles. The smallest absolute Gasteiger partial charge is 0.254 e. The molecule has 0 unspecified atom stereocenters. The summed E-state index contributed by atoms with van der Waals surface area (Å²) in [6, 6.07) is 12.9. The molecule has 1 amide bonds. The summed E-state index contributed by atoms with van der Waals surface area (Å²) < 4.78 is 28.0. The van der Waals surface area contributed by atoms with Crippen molar-refractivity contribution in [3.05, 3.63) is 64.7 Å². The molecule has 5 nitrogen and oxygen atoms in total. The fraction of sp³-hybridized carbons (Fsp3) is 0.409. The number of carbonyl (C=O) groups is 1. The molecule has 1 fully saturated rings. The van der Waals surface area contributed by atoms with Crippen molar-refractivity contribution in [3.8, 4) is 0 Å². The lowest BCUT2D eigenvalue weighted by atomic mass is 10.0. The zero-order chi connectivity index (χ0) is 19.7. The molecule has 2 aromatic carbocycles. The van der Waals surface area contributed by atoms with E-state index in [2.05, 4.69) is 6.07 Å². The van der Waals surface area contributed by atoms with Crippen LogP contribution in [0.4, 0.5) is 0 Å². The topological polar surface area (TPSA) is 57.7 Å². The van der Waals surface area contributed by atoms with Crippen molar-refractivity contribution in [2.45, 2.75) is 44.0 Å². The summed E-state index contributed by atoms with van der Waals surface area (Å²) in [5.74, 6) is -0.0572. The molecule has 0 aliphatic carbocycles. The molecule has 0 spiro atoms. The number of fused-ring (bicyclic) bond motifs is 1. The third kappa shape index (κ3) is 3.59. The van der Waals surface area contributed by atoms with Crippen molar-refractivity contribution >= 4 is 15.9 Å². The molecule has 148 valence electrons. The van der Waals surface area contributed by atoms with Gasteiger partial charge in [0.1, 0.15) is 0 Å². The van der Waals surface area contributed by atoms with E-state index in [0.29, 0.717) is 25.1 Å². The highest BCUT2D eigenvalue weighted by Gasteiger charge is 2.29. The first-order chi connectivity index (χ1) is 13.5. The van der Waals surface area contributed by atoms with Gasteiger partial charge in [0.05, 0.1) is 4.90 Å². The summed E-state index contributed by atoms with van der Waals surface area (Å²) in [6.45, 7) is 4.20. The Balaban J connectivity index is 1.63. The van der Waals surface area contributed by atoms with Gasteiger partial charge in [-0.05, 0) is 61.4 Å². The highest BCUT2D eigenvalue weighted by atomic mass is 32.2. The molecule has 28 heavy (non-hydrogen) atoms. The summed E-state index contributed by atoms with van der Waals surface area (Å²) in [5.41, 5.74) is 3.58. The largest absolute Gasteiger partial charge is 0.339 e. The Morgan fingerprint density at radius 2 is 1.64 bits per heavy atom. The summed E-state index contributed by atoms with van der Waals surface area (Å²) in [4.78, 5) is 15.0. The molecule has 0 bridgehead atoms. The van der Waals surface area contributed by atoms with Gasteiger partial charge in [-0.25, -0.2) is 8.42 Å². The molecular formula is C22H26N2O3S. The molecule has 2 heterocycles. The Bertz CT molecular complexity index is 995. The van der Waals surface area contributed by atoms with Gasteiger partial charge in [-0.15, -0.1) is 0 Å². The minimum Gasteiger partial charge on any atom is -0.339 e. The second kappa shape index (κ2) is 7.68. The average molecular weight is 399 g/mol. The summed E-state index contributed by atoms with van der Waals surface area (Å²) in [7, 11) is -3.65. The van der Waals surface area contributed by atoms with E-state index in [1.165, 1.54) is 9.87 Å². The minimum absolute atomic E-state index is 0.0572. The fourth-order valence-corrected chi connectivity index (χ4v) is 5.53. The summed E-state index contributed by atoms with van der Waals surface area (Å²) in [5, 5.41) is 0. The van der Waals surface area contributed by atoms with Gasteiger partial charge in [0.25, 0.3) is 5.91 Å². The van der Waals surface area contributed by atoms with Crippen LogP contribution in [0.15, 0.2) is 47.4 Å². The van der Waals surface area contributed by atoms with Gasteiger partial charge < -0.3 is 4.90 Å². The van der Waals surface area contributed by atoms with Gasteiger partial charge in [0.15, 0.2) is 0 Å². The van der Waals surface area contributed by atoms with Gasteiger partial charge in [0.2, 0.25) is 10.0 Å². The number of aryl methyl sites for hydroxylation is 1.